The fourth-order valence-electron chi connectivity index (χ4n) is 0.454. The molecule has 0 aromatic carbocycles. The van der Waals surface area contributed by atoms with Crippen LogP contribution in [0.1, 0.15) is 18.9 Å². The van der Waals surface area contributed by atoms with Gasteiger partial charge in [0, 0.05) is 0 Å². The lowest BCUT2D eigenvalue weighted by atomic mass is 10.4. The van der Waals surface area contributed by atoms with Gasteiger partial charge in [-0.1, -0.05) is 0 Å². The Morgan fingerprint density at radius 1 is 1.44 bits per heavy atom. The summed E-state index contributed by atoms with van der Waals surface area (Å²) in [4.78, 5) is 10.7. The summed E-state index contributed by atoms with van der Waals surface area (Å²) in [6.45, 7) is 1.38. The van der Waals surface area contributed by atoms with Crippen molar-refractivity contribution in [1.82, 2.24) is 15.0 Å². The third-order valence-corrected chi connectivity index (χ3v) is 0.869. The third-order valence-electron chi connectivity index (χ3n) is 0.869. The van der Waals surface area contributed by atoms with Gasteiger partial charge in [0.15, 0.2) is 12.0 Å². The second kappa shape index (κ2) is 2.48. The first-order valence-corrected chi connectivity index (χ1v) is 2.56. The molecule has 1 aromatic rings. The molecule has 48 valence electrons. The van der Waals surface area contributed by atoms with Gasteiger partial charge in [0.25, 0.3) is 0 Å². The number of alkyl halides is 1. The number of nitrogens with zero attached hydrogens (tertiary/aromatic N) is 3. The average molecular weight is 127 g/mol. The van der Waals surface area contributed by atoms with Crippen molar-refractivity contribution in [2.24, 2.45) is 0 Å². The van der Waals surface area contributed by atoms with Gasteiger partial charge in [-0.2, -0.15) is 0 Å². The van der Waals surface area contributed by atoms with Crippen molar-refractivity contribution in [2.45, 2.75) is 13.1 Å². The van der Waals surface area contributed by atoms with E-state index in [1.165, 1.54) is 19.6 Å². The lowest BCUT2D eigenvalue weighted by Gasteiger charge is -1.94. The summed E-state index contributed by atoms with van der Waals surface area (Å²) in [6, 6.07) is 0. The zero-order valence-electron chi connectivity index (χ0n) is 4.95. The summed E-state index contributed by atoms with van der Waals surface area (Å²) < 4.78 is 12.3. The standard InChI is InChI=1S/C5H6FN3/c1-4(6)5-8-2-7-3-9-5/h2-4H,1H3. The van der Waals surface area contributed by atoms with Crippen LogP contribution in [0.3, 0.4) is 0 Å². The topological polar surface area (TPSA) is 38.7 Å². The van der Waals surface area contributed by atoms with E-state index in [9.17, 15) is 4.39 Å². The van der Waals surface area contributed by atoms with Crippen LogP contribution in [-0.2, 0) is 0 Å². The van der Waals surface area contributed by atoms with Crippen molar-refractivity contribution in [3.63, 3.8) is 0 Å². The summed E-state index contributed by atoms with van der Waals surface area (Å²) in [7, 11) is 0. The highest BCUT2D eigenvalue weighted by Gasteiger charge is 2.02. The van der Waals surface area contributed by atoms with Crippen molar-refractivity contribution in [3.05, 3.63) is 18.5 Å². The molecule has 0 aliphatic heterocycles. The maximum absolute atomic E-state index is 12.3. The number of halogens is 1. The van der Waals surface area contributed by atoms with E-state index >= 15 is 0 Å². The zero-order valence-corrected chi connectivity index (χ0v) is 4.95. The highest BCUT2D eigenvalue weighted by molar-refractivity contribution is 4.84. The number of rotatable bonds is 1. The molecule has 0 spiro atoms. The largest absolute Gasteiger partial charge is 0.239 e. The Morgan fingerprint density at radius 2 is 2.00 bits per heavy atom. The van der Waals surface area contributed by atoms with Gasteiger partial charge in [-0.3, -0.25) is 0 Å². The molecule has 1 atom stereocenters. The minimum atomic E-state index is -1.10. The van der Waals surface area contributed by atoms with Crippen LogP contribution in [0.4, 0.5) is 4.39 Å². The minimum absolute atomic E-state index is 0.185. The molecule has 1 aromatic heterocycles. The predicted octanol–water partition coefficient (Wildman–Crippen LogP) is 0.902. The molecule has 0 saturated heterocycles. The summed E-state index contributed by atoms with van der Waals surface area (Å²) >= 11 is 0. The Morgan fingerprint density at radius 3 is 2.33 bits per heavy atom. The second-order valence-electron chi connectivity index (χ2n) is 1.61. The summed E-state index contributed by atoms with van der Waals surface area (Å²) in [5.74, 6) is 0.185. The molecule has 3 nitrogen and oxygen atoms in total. The Balaban J connectivity index is 2.85. The highest BCUT2D eigenvalue weighted by atomic mass is 19.1. The summed E-state index contributed by atoms with van der Waals surface area (Å²) in [5, 5.41) is 0. The Hall–Kier alpha value is -1.06. The summed E-state index contributed by atoms with van der Waals surface area (Å²) in [5.41, 5.74) is 0. The SMILES string of the molecule is CC(F)c1ncncn1. The van der Waals surface area contributed by atoms with Crippen molar-refractivity contribution in [2.75, 3.05) is 0 Å². The summed E-state index contributed by atoms with van der Waals surface area (Å²) in [6.07, 6.45) is 1.45. The van der Waals surface area contributed by atoms with Crippen LogP contribution in [0.2, 0.25) is 0 Å². The van der Waals surface area contributed by atoms with Gasteiger partial charge < -0.3 is 0 Å². The van der Waals surface area contributed by atoms with E-state index in [1.54, 1.807) is 0 Å². The fraction of sp³-hybridized carbons (Fsp3) is 0.400. The first kappa shape index (κ1) is 6.07. The normalized spacial score (nSPS) is 13.1. The molecule has 1 unspecified atom stereocenters. The highest BCUT2D eigenvalue weighted by Crippen LogP contribution is 2.07. The van der Waals surface area contributed by atoms with E-state index < -0.39 is 6.17 Å². The van der Waals surface area contributed by atoms with Crippen LogP contribution < -0.4 is 0 Å². The van der Waals surface area contributed by atoms with E-state index in [1.807, 2.05) is 0 Å². The van der Waals surface area contributed by atoms with E-state index in [0.717, 1.165) is 0 Å². The smallest absolute Gasteiger partial charge is 0.165 e. The number of hydrogen-bond acceptors (Lipinski definition) is 3. The Kier molecular flexibility index (Phi) is 1.67. The van der Waals surface area contributed by atoms with Crippen LogP contribution >= 0.6 is 0 Å². The van der Waals surface area contributed by atoms with Gasteiger partial charge in [0.1, 0.15) is 12.7 Å². The maximum Gasteiger partial charge on any atom is 0.165 e. The number of hydrogen-bond donors (Lipinski definition) is 0. The average Bonchev–Trinajstić information content (AvgIpc) is 1.90. The van der Waals surface area contributed by atoms with Crippen LogP contribution in [0, 0.1) is 0 Å². The molecule has 9 heavy (non-hydrogen) atoms. The lowest BCUT2D eigenvalue weighted by Crippen LogP contribution is -1.94. The minimum Gasteiger partial charge on any atom is -0.239 e. The van der Waals surface area contributed by atoms with E-state index in [4.69, 9.17) is 0 Å². The zero-order chi connectivity index (χ0) is 6.69. The van der Waals surface area contributed by atoms with Crippen LogP contribution in [0.25, 0.3) is 0 Å². The molecular formula is C5H6FN3. The molecule has 0 aliphatic carbocycles. The predicted molar refractivity (Wildman–Crippen MR) is 29.3 cm³/mol. The molecule has 0 fully saturated rings. The van der Waals surface area contributed by atoms with Gasteiger partial charge in [0.05, 0.1) is 0 Å². The molecule has 0 saturated carbocycles. The van der Waals surface area contributed by atoms with Gasteiger partial charge >= 0.3 is 0 Å². The maximum atomic E-state index is 12.3. The molecule has 0 aliphatic rings. The Labute approximate surface area is 52.0 Å². The second-order valence-corrected chi connectivity index (χ2v) is 1.61. The van der Waals surface area contributed by atoms with E-state index in [-0.39, 0.29) is 5.82 Å². The van der Waals surface area contributed by atoms with Crippen molar-refractivity contribution in [3.8, 4) is 0 Å². The van der Waals surface area contributed by atoms with Crippen LogP contribution in [0.15, 0.2) is 12.7 Å². The molecule has 4 heteroatoms. The van der Waals surface area contributed by atoms with Crippen molar-refractivity contribution >= 4 is 0 Å². The molecular weight excluding hydrogens is 121 g/mol. The molecule has 0 N–H and O–H groups in total. The Bertz CT molecular complexity index is 175. The van der Waals surface area contributed by atoms with Crippen molar-refractivity contribution in [1.29, 1.82) is 0 Å². The quantitative estimate of drug-likeness (QED) is 0.562. The lowest BCUT2D eigenvalue weighted by molar-refractivity contribution is 0.355. The van der Waals surface area contributed by atoms with E-state index in [2.05, 4.69) is 15.0 Å². The molecule has 0 radical (unpaired) electrons. The van der Waals surface area contributed by atoms with Gasteiger partial charge in [-0.15, -0.1) is 0 Å². The van der Waals surface area contributed by atoms with Crippen LogP contribution in [0.5, 0.6) is 0 Å². The van der Waals surface area contributed by atoms with Gasteiger partial charge in [0.2, 0.25) is 0 Å². The third kappa shape index (κ3) is 1.42. The van der Waals surface area contributed by atoms with Crippen molar-refractivity contribution < 1.29 is 4.39 Å². The van der Waals surface area contributed by atoms with Gasteiger partial charge in [-0.25, -0.2) is 19.3 Å². The molecule has 0 amide bonds. The monoisotopic (exact) mass is 127 g/mol. The molecule has 0 bridgehead atoms. The van der Waals surface area contributed by atoms with Crippen LogP contribution in [-0.4, -0.2) is 15.0 Å². The number of aromatic nitrogens is 3. The molecule has 1 rings (SSSR count). The first-order valence-electron chi connectivity index (χ1n) is 2.56. The van der Waals surface area contributed by atoms with Gasteiger partial charge in [-0.05, 0) is 6.92 Å². The van der Waals surface area contributed by atoms with E-state index in [0.29, 0.717) is 0 Å². The first-order chi connectivity index (χ1) is 4.30. The molecule has 1 heterocycles. The fourth-order valence-corrected chi connectivity index (χ4v) is 0.454.